The Morgan fingerprint density at radius 3 is 2.83 bits per heavy atom. The third-order valence-corrected chi connectivity index (χ3v) is 4.30. The number of imidazole rings is 1. The average molecular weight is 328 g/mol. The maximum atomic E-state index is 12.7. The fraction of sp³-hybridized carbons (Fsp3) is 0.600. The van der Waals surface area contributed by atoms with Crippen LogP contribution in [0.5, 0.6) is 0 Å². The van der Waals surface area contributed by atoms with Crippen molar-refractivity contribution in [2.45, 2.75) is 46.0 Å². The van der Waals surface area contributed by atoms with Crippen molar-refractivity contribution < 1.29 is 17.7 Å². The largest absolute Gasteiger partial charge is 0.434 e. The van der Waals surface area contributed by atoms with E-state index in [1.165, 1.54) is 0 Å². The van der Waals surface area contributed by atoms with Gasteiger partial charge in [-0.25, -0.2) is 4.98 Å². The molecule has 1 aliphatic rings. The molecule has 0 saturated heterocycles. The molecule has 5 nitrogen and oxygen atoms in total. The second-order valence-electron chi connectivity index (χ2n) is 6.03. The quantitative estimate of drug-likeness (QED) is 0.938. The molecule has 3 rings (SSSR count). The highest BCUT2D eigenvalue weighted by Gasteiger charge is 2.35. The minimum Gasteiger partial charge on any atom is -0.361 e. The topological polar surface area (TPSA) is 55.9 Å². The molecule has 3 heterocycles. The minimum absolute atomic E-state index is 0.290. The van der Waals surface area contributed by atoms with Crippen LogP contribution >= 0.6 is 0 Å². The highest BCUT2D eigenvalue weighted by Crippen LogP contribution is 2.30. The average Bonchev–Trinajstić information content (AvgIpc) is 3.04. The Kier molecular flexibility index (Phi) is 4.18. The van der Waals surface area contributed by atoms with Gasteiger partial charge in [-0.1, -0.05) is 5.16 Å². The van der Waals surface area contributed by atoms with Crippen LogP contribution in [-0.4, -0.2) is 21.3 Å². The van der Waals surface area contributed by atoms with Gasteiger partial charge in [0.25, 0.3) is 0 Å². The number of rotatable bonds is 4. The van der Waals surface area contributed by atoms with E-state index in [2.05, 4.69) is 15.5 Å². The lowest BCUT2D eigenvalue weighted by molar-refractivity contribution is -0.141. The highest BCUT2D eigenvalue weighted by molar-refractivity contribution is 5.20. The molecule has 0 aliphatic carbocycles. The number of nitrogens with zero attached hydrogens (tertiary/aromatic N) is 3. The molecule has 2 aromatic rings. The molecule has 1 N–H and O–H groups in total. The van der Waals surface area contributed by atoms with Gasteiger partial charge in [0, 0.05) is 31.3 Å². The molecule has 126 valence electrons. The minimum atomic E-state index is -4.37. The predicted octanol–water partition coefficient (Wildman–Crippen LogP) is 2.86. The summed E-state index contributed by atoms with van der Waals surface area (Å²) < 4.78 is 44.9. The van der Waals surface area contributed by atoms with Crippen LogP contribution in [0.1, 0.15) is 35.0 Å². The molecule has 23 heavy (non-hydrogen) atoms. The van der Waals surface area contributed by atoms with E-state index >= 15 is 0 Å². The Bertz CT molecular complexity index is 670. The van der Waals surface area contributed by atoms with Gasteiger partial charge in [-0.2, -0.15) is 13.2 Å². The molecule has 8 heteroatoms. The van der Waals surface area contributed by atoms with Crippen molar-refractivity contribution in [3.63, 3.8) is 0 Å². The molecule has 2 aromatic heterocycles. The second-order valence-corrected chi connectivity index (χ2v) is 6.03. The van der Waals surface area contributed by atoms with Crippen LogP contribution in [-0.2, 0) is 25.7 Å². The normalized spacial score (nSPS) is 18.2. The van der Waals surface area contributed by atoms with E-state index in [1.54, 1.807) is 4.57 Å². The van der Waals surface area contributed by atoms with Crippen molar-refractivity contribution in [1.29, 1.82) is 0 Å². The van der Waals surface area contributed by atoms with Gasteiger partial charge in [0.1, 0.15) is 11.6 Å². The van der Waals surface area contributed by atoms with E-state index in [1.807, 2.05) is 13.8 Å². The van der Waals surface area contributed by atoms with E-state index in [0.29, 0.717) is 31.3 Å². The SMILES string of the molecule is Cc1noc(C)c1CNC[C@@H]1CCc2nc(C(F)(F)F)cn2C1. The summed E-state index contributed by atoms with van der Waals surface area (Å²) in [5.74, 6) is 1.61. The number of aromatic nitrogens is 3. The van der Waals surface area contributed by atoms with Crippen LogP contribution in [0.3, 0.4) is 0 Å². The summed E-state index contributed by atoms with van der Waals surface area (Å²) in [6, 6.07) is 0. The Hall–Kier alpha value is -1.83. The number of hydrogen-bond acceptors (Lipinski definition) is 4. The molecular formula is C15H19F3N4O. The van der Waals surface area contributed by atoms with E-state index < -0.39 is 11.9 Å². The number of alkyl halides is 3. The Morgan fingerprint density at radius 1 is 1.39 bits per heavy atom. The fourth-order valence-corrected chi connectivity index (χ4v) is 2.97. The summed E-state index contributed by atoms with van der Waals surface area (Å²) in [7, 11) is 0. The van der Waals surface area contributed by atoms with Crippen molar-refractivity contribution in [3.05, 3.63) is 34.7 Å². The Morgan fingerprint density at radius 2 is 2.17 bits per heavy atom. The van der Waals surface area contributed by atoms with Crippen LogP contribution in [0.25, 0.3) is 0 Å². The van der Waals surface area contributed by atoms with Gasteiger partial charge in [-0.3, -0.25) is 0 Å². The lowest BCUT2D eigenvalue weighted by Crippen LogP contribution is -2.29. The van der Waals surface area contributed by atoms with Crippen molar-refractivity contribution in [3.8, 4) is 0 Å². The van der Waals surface area contributed by atoms with Gasteiger partial charge in [0.15, 0.2) is 5.69 Å². The second kappa shape index (κ2) is 5.99. The zero-order valence-corrected chi connectivity index (χ0v) is 13.1. The van der Waals surface area contributed by atoms with Gasteiger partial charge in [-0.05, 0) is 32.7 Å². The number of nitrogens with one attached hydrogen (secondary N) is 1. The van der Waals surface area contributed by atoms with Gasteiger partial charge < -0.3 is 14.4 Å². The Balaban J connectivity index is 1.57. The van der Waals surface area contributed by atoms with E-state index in [9.17, 15) is 13.2 Å². The number of hydrogen-bond donors (Lipinski definition) is 1. The molecule has 1 aliphatic heterocycles. The van der Waals surface area contributed by atoms with Crippen LogP contribution in [0.4, 0.5) is 13.2 Å². The smallest absolute Gasteiger partial charge is 0.361 e. The number of aryl methyl sites for hydroxylation is 3. The molecular weight excluding hydrogens is 309 g/mol. The van der Waals surface area contributed by atoms with Crippen molar-refractivity contribution in [2.24, 2.45) is 5.92 Å². The van der Waals surface area contributed by atoms with Crippen LogP contribution < -0.4 is 5.32 Å². The van der Waals surface area contributed by atoms with E-state index in [4.69, 9.17) is 4.52 Å². The summed E-state index contributed by atoms with van der Waals surface area (Å²) in [5.41, 5.74) is 1.12. The maximum Gasteiger partial charge on any atom is 0.434 e. The summed E-state index contributed by atoms with van der Waals surface area (Å²) in [5, 5.41) is 7.25. The van der Waals surface area contributed by atoms with Crippen molar-refractivity contribution in [2.75, 3.05) is 6.54 Å². The summed E-state index contributed by atoms with van der Waals surface area (Å²) in [4.78, 5) is 3.70. The Labute approximate surface area is 131 Å². The standard InChI is InChI=1S/C15H19F3N4O/c1-9-12(10(2)23-21-9)6-19-5-11-3-4-14-20-13(15(16,17)18)8-22(14)7-11/h8,11,19H,3-7H2,1-2H3/t11-/m0/s1. The third-order valence-electron chi connectivity index (χ3n) is 4.30. The highest BCUT2D eigenvalue weighted by atomic mass is 19.4. The summed E-state index contributed by atoms with van der Waals surface area (Å²) >= 11 is 0. The molecule has 0 aromatic carbocycles. The lowest BCUT2D eigenvalue weighted by atomic mass is 9.99. The van der Waals surface area contributed by atoms with E-state index in [0.717, 1.165) is 36.2 Å². The summed E-state index contributed by atoms with van der Waals surface area (Å²) in [6.45, 7) is 5.72. The number of fused-ring (bicyclic) bond motifs is 1. The zero-order chi connectivity index (χ0) is 16.6. The zero-order valence-electron chi connectivity index (χ0n) is 13.1. The first-order valence-electron chi connectivity index (χ1n) is 7.60. The summed E-state index contributed by atoms with van der Waals surface area (Å²) in [6.07, 6.45) is -1.84. The van der Waals surface area contributed by atoms with Crippen LogP contribution in [0.2, 0.25) is 0 Å². The molecule has 0 spiro atoms. The van der Waals surface area contributed by atoms with Crippen molar-refractivity contribution in [1.82, 2.24) is 20.0 Å². The molecule has 0 bridgehead atoms. The predicted molar refractivity (Wildman–Crippen MR) is 76.7 cm³/mol. The molecule has 0 saturated carbocycles. The van der Waals surface area contributed by atoms with Gasteiger partial charge >= 0.3 is 6.18 Å². The van der Waals surface area contributed by atoms with Gasteiger partial charge in [-0.15, -0.1) is 0 Å². The molecule has 0 fully saturated rings. The van der Waals surface area contributed by atoms with Gasteiger partial charge in [0.2, 0.25) is 0 Å². The monoisotopic (exact) mass is 328 g/mol. The number of halogens is 3. The van der Waals surface area contributed by atoms with Crippen molar-refractivity contribution >= 4 is 0 Å². The first-order chi connectivity index (χ1) is 10.8. The molecule has 1 atom stereocenters. The maximum absolute atomic E-state index is 12.7. The van der Waals surface area contributed by atoms with Gasteiger partial charge in [0.05, 0.1) is 5.69 Å². The first-order valence-corrected chi connectivity index (χ1v) is 7.60. The fourth-order valence-electron chi connectivity index (χ4n) is 2.97. The third kappa shape index (κ3) is 3.41. The lowest BCUT2D eigenvalue weighted by Gasteiger charge is -2.23. The molecule has 0 amide bonds. The van der Waals surface area contributed by atoms with Crippen LogP contribution in [0, 0.1) is 19.8 Å². The van der Waals surface area contributed by atoms with E-state index in [-0.39, 0.29) is 0 Å². The first kappa shape index (κ1) is 16.0. The molecule has 0 radical (unpaired) electrons. The molecule has 0 unspecified atom stereocenters. The van der Waals surface area contributed by atoms with Crippen LogP contribution in [0.15, 0.2) is 10.7 Å².